The van der Waals surface area contributed by atoms with Crippen molar-refractivity contribution in [3.05, 3.63) is 48.0 Å². The first-order valence-electron chi connectivity index (χ1n) is 7.82. The third-order valence-corrected chi connectivity index (χ3v) is 3.05. The van der Waals surface area contributed by atoms with Crippen molar-refractivity contribution in [3.8, 4) is 0 Å². The molecule has 0 heterocycles. The van der Waals surface area contributed by atoms with Crippen molar-refractivity contribution < 1.29 is 33.8 Å². The quantitative estimate of drug-likeness (QED) is 0.298. The van der Waals surface area contributed by atoms with E-state index in [1.165, 1.54) is 0 Å². The lowest BCUT2D eigenvalue weighted by molar-refractivity contribution is -0.159. The first-order valence-corrected chi connectivity index (χ1v) is 7.82. The Bertz CT molecular complexity index is 620. The number of aliphatic carboxylic acids is 1. The average Bonchev–Trinajstić information content (AvgIpc) is 2.56. The van der Waals surface area contributed by atoms with Gasteiger partial charge in [-0.2, -0.15) is 0 Å². The molecule has 7 heteroatoms. The smallest absolute Gasteiger partial charge is 0.331 e. The number of carbonyl (C=O) groups is 4. The summed E-state index contributed by atoms with van der Waals surface area (Å²) in [5.41, 5.74) is 0.777. The molecule has 1 N–H and O–H groups in total. The van der Waals surface area contributed by atoms with Gasteiger partial charge in [-0.05, 0) is 24.8 Å². The van der Waals surface area contributed by atoms with Gasteiger partial charge in [0.2, 0.25) is 0 Å². The number of hydrogen-bond acceptors (Lipinski definition) is 6. The lowest BCUT2D eigenvalue weighted by atomic mass is 10.1. The monoisotopic (exact) mass is 348 g/mol. The van der Waals surface area contributed by atoms with Crippen LogP contribution in [-0.4, -0.2) is 35.6 Å². The summed E-state index contributed by atoms with van der Waals surface area (Å²) in [5, 5.41) is 8.34. The van der Waals surface area contributed by atoms with E-state index in [1.54, 1.807) is 24.3 Å². The molecule has 0 atom stereocenters. The Morgan fingerprint density at radius 1 is 0.920 bits per heavy atom. The number of carboxylic acid groups (broad SMARTS) is 1. The van der Waals surface area contributed by atoms with Gasteiger partial charge in [-0.1, -0.05) is 30.3 Å². The minimum atomic E-state index is -1.22. The van der Waals surface area contributed by atoms with E-state index in [-0.39, 0.29) is 19.4 Å². The summed E-state index contributed by atoms with van der Waals surface area (Å²) >= 11 is 0. The van der Waals surface area contributed by atoms with Crippen molar-refractivity contribution in [1.29, 1.82) is 0 Å². The van der Waals surface area contributed by atoms with Crippen LogP contribution in [0.5, 0.6) is 0 Å². The van der Waals surface area contributed by atoms with E-state index in [1.807, 2.05) is 6.07 Å². The third-order valence-electron chi connectivity index (χ3n) is 3.05. The largest absolute Gasteiger partial charge is 0.478 e. The van der Waals surface area contributed by atoms with Gasteiger partial charge in [0, 0.05) is 18.6 Å². The topological polar surface area (TPSA) is 107 Å². The van der Waals surface area contributed by atoms with Gasteiger partial charge in [0.15, 0.2) is 0 Å². The van der Waals surface area contributed by atoms with Crippen LogP contribution in [0.1, 0.15) is 31.2 Å². The Morgan fingerprint density at radius 3 is 2.32 bits per heavy atom. The van der Waals surface area contributed by atoms with Crippen LogP contribution in [0, 0.1) is 0 Å². The zero-order chi connectivity index (χ0) is 18.5. The summed E-state index contributed by atoms with van der Waals surface area (Å²) in [5.74, 6) is -3.12. The molecule has 1 rings (SSSR count). The number of carboxylic acids is 1. The fraction of sp³-hybridized carbons (Fsp3) is 0.333. The maximum atomic E-state index is 11.6. The Morgan fingerprint density at radius 2 is 1.64 bits per heavy atom. The molecule has 134 valence electrons. The van der Waals surface area contributed by atoms with Gasteiger partial charge in [-0.25, -0.2) is 9.59 Å². The number of ether oxygens (including phenoxy) is 2. The number of rotatable bonds is 10. The number of esters is 3. The van der Waals surface area contributed by atoms with Crippen molar-refractivity contribution in [2.45, 2.75) is 32.1 Å². The Balaban J connectivity index is 2.08. The average molecular weight is 348 g/mol. The molecule has 1 aromatic carbocycles. The lowest BCUT2D eigenvalue weighted by Crippen LogP contribution is -2.14. The van der Waals surface area contributed by atoms with E-state index in [4.69, 9.17) is 14.6 Å². The molecule has 0 amide bonds. The standard InChI is InChI=1S/C18H20O7/c19-15(20)10-11-16(21)24-12-6-2-5-9-17(22)25-18(23)13-14-7-3-1-4-8-14/h1,3-4,7-8,10-11H,2,5-6,9,12-13H2,(H,19,20)/b11-10+. The zero-order valence-electron chi connectivity index (χ0n) is 13.7. The summed E-state index contributed by atoms with van der Waals surface area (Å²) in [7, 11) is 0. The highest BCUT2D eigenvalue weighted by Gasteiger charge is 2.10. The molecular weight excluding hydrogens is 328 g/mol. The second-order valence-electron chi connectivity index (χ2n) is 5.16. The summed E-state index contributed by atoms with van der Waals surface area (Å²) in [6.07, 6.45) is 3.32. The summed E-state index contributed by atoms with van der Waals surface area (Å²) < 4.78 is 9.50. The van der Waals surface area contributed by atoms with Crippen molar-refractivity contribution >= 4 is 23.9 Å². The minimum Gasteiger partial charge on any atom is -0.478 e. The molecule has 25 heavy (non-hydrogen) atoms. The van der Waals surface area contributed by atoms with Crippen LogP contribution >= 0.6 is 0 Å². The zero-order valence-corrected chi connectivity index (χ0v) is 13.7. The summed E-state index contributed by atoms with van der Waals surface area (Å²) in [4.78, 5) is 44.4. The number of benzene rings is 1. The van der Waals surface area contributed by atoms with Crippen molar-refractivity contribution in [3.63, 3.8) is 0 Å². The van der Waals surface area contributed by atoms with E-state index in [2.05, 4.69) is 0 Å². The van der Waals surface area contributed by atoms with E-state index in [9.17, 15) is 19.2 Å². The molecule has 0 aliphatic heterocycles. The molecule has 0 spiro atoms. The number of unbranched alkanes of at least 4 members (excludes halogenated alkanes) is 2. The molecule has 0 aromatic heterocycles. The molecular formula is C18H20O7. The highest BCUT2D eigenvalue weighted by atomic mass is 16.6. The van der Waals surface area contributed by atoms with Gasteiger partial charge >= 0.3 is 23.9 Å². The normalized spacial score (nSPS) is 10.4. The number of carbonyl (C=O) groups excluding carboxylic acids is 3. The second-order valence-corrected chi connectivity index (χ2v) is 5.16. The van der Waals surface area contributed by atoms with Gasteiger partial charge in [0.25, 0.3) is 0 Å². The Hall–Kier alpha value is -2.96. The van der Waals surface area contributed by atoms with Gasteiger partial charge in [0.05, 0.1) is 13.0 Å². The maximum absolute atomic E-state index is 11.6. The Kier molecular flexibility index (Phi) is 9.28. The fourth-order valence-electron chi connectivity index (χ4n) is 1.88. The molecule has 0 bridgehead atoms. The predicted octanol–water partition coefficient (Wildman–Crippen LogP) is 2.04. The van der Waals surface area contributed by atoms with Crippen LogP contribution in [-0.2, 0) is 35.1 Å². The van der Waals surface area contributed by atoms with Crippen molar-refractivity contribution in [1.82, 2.24) is 0 Å². The van der Waals surface area contributed by atoms with Gasteiger partial charge in [0.1, 0.15) is 0 Å². The third kappa shape index (κ3) is 10.4. The highest BCUT2D eigenvalue weighted by Crippen LogP contribution is 2.05. The fourth-order valence-corrected chi connectivity index (χ4v) is 1.88. The molecule has 0 aliphatic carbocycles. The van der Waals surface area contributed by atoms with Crippen LogP contribution in [0.3, 0.4) is 0 Å². The van der Waals surface area contributed by atoms with Crippen LogP contribution in [0.15, 0.2) is 42.5 Å². The molecule has 7 nitrogen and oxygen atoms in total. The van der Waals surface area contributed by atoms with E-state index >= 15 is 0 Å². The minimum absolute atomic E-state index is 0.0480. The van der Waals surface area contributed by atoms with Gasteiger partial charge in [-0.15, -0.1) is 0 Å². The summed E-state index contributed by atoms with van der Waals surface area (Å²) in [6, 6.07) is 8.99. The predicted molar refractivity (Wildman–Crippen MR) is 87.4 cm³/mol. The molecule has 0 fully saturated rings. The van der Waals surface area contributed by atoms with Crippen LogP contribution in [0.2, 0.25) is 0 Å². The SMILES string of the molecule is O=C(O)/C=C/C(=O)OCCCCCC(=O)OC(=O)Cc1ccccc1. The van der Waals surface area contributed by atoms with E-state index in [0.717, 1.165) is 11.6 Å². The molecule has 1 aromatic rings. The van der Waals surface area contributed by atoms with Crippen molar-refractivity contribution in [2.75, 3.05) is 6.61 Å². The van der Waals surface area contributed by atoms with Crippen LogP contribution in [0.25, 0.3) is 0 Å². The molecule has 0 radical (unpaired) electrons. The van der Waals surface area contributed by atoms with Gasteiger partial charge < -0.3 is 14.6 Å². The molecule has 0 unspecified atom stereocenters. The van der Waals surface area contributed by atoms with Crippen LogP contribution < -0.4 is 0 Å². The first-order chi connectivity index (χ1) is 12.0. The first kappa shape index (κ1) is 20.1. The molecule has 0 saturated heterocycles. The van der Waals surface area contributed by atoms with Crippen LogP contribution in [0.4, 0.5) is 0 Å². The Labute approximate surface area is 145 Å². The summed E-state index contributed by atoms with van der Waals surface area (Å²) in [6.45, 7) is 0.130. The lowest BCUT2D eigenvalue weighted by Gasteiger charge is -2.04. The second kappa shape index (κ2) is 11.6. The maximum Gasteiger partial charge on any atom is 0.331 e. The highest BCUT2D eigenvalue weighted by molar-refractivity contribution is 5.90. The molecule has 0 aliphatic rings. The molecule has 0 saturated carbocycles. The van der Waals surface area contributed by atoms with E-state index in [0.29, 0.717) is 25.3 Å². The van der Waals surface area contributed by atoms with Crippen molar-refractivity contribution in [2.24, 2.45) is 0 Å². The number of hydrogen-bond donors (Lipinski definition) is 1. The van der Waals surface area contributed by atoms with Gasteiger partial charge in [-0.3, -0.25) is 9.59 Å². The van der Waals surface area contributed by atoms with E-state index < -0.39 is 23.9 Å².